The van der Waals surface area contributed by atoms with Crippen LogP contribution < -0.4 is 5.32 Å². The largest absolute Gasteiger partial charge is 0.481 e. The van der Waals surface area contributed by atoms with Gasteiger partial charge in [-0.05, 0) is 19.3 Å². The van der Waals surface area contributed by atoms with Gasteiger partial charge in [0.15, 0.2) is 0 Å². The van der Waals surface area contributed by atoms with Crippen molar-refractivity contribution in [2.45, 2.75) is 142 Å². The third-order valence-electron chi connectivity index (χ3n) is 6.01. The van der Waals surface area contributed by atoms with Crippen LogP contribution in [-0.2, 0) is 19.1 Å². The zero-order chi connectivity index (χ0) is 24.6. The van der Waals surface area contributed by atoms with E-state index in [9.17, 15) is 14.4 Å². The zero-order valence-corrected chi connectivity index (χ0v) is 21.5. The molecule has 0 saturated carbocycles. The van der Waals surface area contributed by atoms with Gasteiger partial charge >= 0.3 is 5.97 Å². The van der Waals surface area contributed by atoms with Gasteiger partial charge in [-0.1, -0.05) is 104 Å². The monoisotopic (exact) mass is 469 g/mol. The Balaban J connectivity index is 4.02. The van der Waals surface area contributed by atoms with Crippen molar-refractivity contribution in [2.24, 2.45) is 0 Å². The maximum atomic E-state index is 12.3. The first-order valence-corrected chi connectivity index (χ1v) is 13.6. The van der Waals surface area contributed by atoms with Crippen LogP contribution in [0.25, 0.3) is 0 Å². The Morgan fingerprint density at radius 3 is 1.70 bits per heavy atom. The molecule has 0 aliphatic rings. The molecule has 0 aromatic heterocycles. The smallest absolute Gasteiger partial charge is 0.303 e. The molecule has 6 heteroatoms. The van der Waals surface area contributed by atoms with Crippen LogP contribution in [0.1, 0.15) is 136 Å². The summed E-state index contributed by atoms with van der Waals surface area (Å²) in [7, 11) is 0. The van der Waals surface area contributed by atoms with Crippen LogP contribution in [-0.4, -0.2) is 42.0 Å². The number of unbranched alkanes of at least 4 members (excludes halogenated alkanes) is 14. The molecule has 2 N–H and O–H groups in total. The molecule has 0 saturated heterocycles. The Kier molecular flexibility index (Phi) is 22.7. The summed E-state index contributed by atoms with van der Waals surface area (Å²) < 4.78 is 5.69. The number of hydrogen-bond donors (Lipinski definition) is 2. The van der Waals surface area contributed by atoms with Gasteiger partial charge in [-0.2, -0.15) is 0 Å². The fourth-order valence-electron chi connectivity index (χ4n) is 3.86. The lowest BCUT2D eigenvalue weighted by Crippen LogP contribution is -2.42. The highest BCUT2D eigenvalue weighted by molar-refractivity contribution is 6.36. The quantitative estimate of drug-likeness (QED) is 0.116. The molecule has 0 rings (SSSR count). The average molecular weight is 470 g/mol. The molecule has 0 bridgehead atoms. The second kappa shape index (κ2) is 23.7. The Bertz CT molecular complexity index is 495. The minimum atomic E-state index is -0.914. The standard InChI is InChI=1S/C27H51NO5/c1-3-5-7-9-11-13-15-17-19-25(29)27(32)28-24(20-21-26(30)31)23-33-22-18-16-14-12-10-8-6-4-2/h24H,3-23H2,1-2H3,(H,28,32)(H,30,31)/t24-/m1/s1. The summed E-state index contributed by atoms with van der Waals surface area (Å²) in [5, 5.41) is 11.7. The number of rotatable bonds is 25. The molecule has 6 nitrogen and oxygen atoms in total. The minimum Gasteiger partial charge on any atom is -0.481 e. The predicted molar refractivity (Wildman–Crippen MR) is 134 cm³/mol. The van der Waals surface area contributed by atoms with E-state index in [0.29, 0.717) is 6.61 Å². The molecule has 0 aliphatic heterocycles. The summed E-state index contributed by atoms with van der Waals surface area (Å²) in [6.45, 7) is 5.27. The van der Waals surface area contributed by atoms with Crippen LogP contribution in [0.4, 0.5) is 0 Å². The van der Waals surface area contributed by atoms with E-state index in [1.54, 1.807) is 0 Å². The summed E-state index contributed by atoms with van der Waals surface area (Å²) in [6, 6.07) is -0.440. The summed E-state index contributed by atoms with van der Waals surface area (Å²) >= 11 is 0. The maximum Gasteiger partial charge on any atom is 0.303 e. The number of amides is 1. The molecule has 0 aromatic rings. The molecule has 1 atom stereocenters. The molecule has 0 aromatic carbocycles. The lowest BCUT2D eigenvalue weighted by atomic mass is 10.1. The lowest BCUT2D eigenvalue weighted by molar-refractivity contribution is -0.139. The lowest BCUT2D eigenvalue weighted by Gasteiger charge is -2.18. The molecule has 0 unspecified atom stereocenters. The van der Waals surface area contributed by atoms with E-state index in [1.165, 1.54) is 70.6 Å². The number of Topliss-reactive ketones (excluding diaryl/α,β-unsaturated/α-hetero) is 1. The predicted octanol–water partition coefficient (Wildman–Crippen LogP) is 6.59. The summed E-state index contributed by atoms with van der Waals surface area (Å²) in [5.41, 5.74) is 0. The molecular formula is C27H51NO5. The van der Waals surface area contributed by atoms with Crippen LogP contribution in [0, 0.1) is 0 Å². The molecule has 194 valence electrons. The molecule has 33 heavy (non-hydrogen) atoms. The van der Waals surface area contributed by atoms with E-state index >= 15 is 0 Å². The number of hydrogen-bond acceptors (Lipinski definition) is 4. The van der Waals surface area contributed by atoms with Crippen molar-refractivity contribution < 1.29 is 24.2 Å². The number of aliphatic carboxylic acids is 1. The van der Waals surface area contributed by atoms with Gasteiger partial charge in [0.25, 0.3) is 5.91 Å². The van der Waals surface area contributed by atoms with E-state index in [-0.39, 0.29) is 25.9 Å². The second-order valence-corrected chi connectivity index (χ2v) is 9.30. The topological polar surface area (TPSA) is 92.7 Å². The van der Waals surface area contributed by atoms with Gasteiger partial charge in [0, 0.05) is 19.4 Å². The van der Waals surface area contributed by atoms with E-state index in [1.807, 2.05) is 0 Å². The normalized spacial score (nSPS) is 11.9. The molecular weight excluding hydrogens is 418 g/mol. The van der Waals surface area contributed by atoms with Crippen molar-refractivity contribution in [2.75, 3.05) is 13.2 Å². The van der Waals surface area contributed by atoms with Gasteiger partial charge in [-0.25, -0.2) is 0 Å². The number of carbonyl (C=O) groups is 3. The number of carboxylic acids is 1. The number of ether oxygens (including phenoxy) is 1. The molecule has 0 spiro atoms. The zero-order valence-electron chi connectivity index (χ0n) is 21.5. The molecule has 0 aliphatic carbocycles. The van der Waals surface area contributed by atoms with E-state index in [2.05, 4.69) is 19.2 Å². The average Bonchev–Trinajstić information content (AvgIpc) is 2.79. The van der Waals surface area contributed by atoms with Gasteiger partial charge in [0.1, 0.15) is 0 Å². The third-order valence-corrected chi connectivity index (χ3v) is 6.01. The Morgan fingerprint density at radius 1 is 0.697 bits per heavy atom. The van der Waals surface area contributed by atoms with Crippen molar-refractivity contribution in [1.29, 1.82) is 0 Å². The second-order valence-electron chi connectivity index (χ2n) is 9.30. The van der Waals surface area contributed by atoms with Crippen LogP contribution >= 0.6 is 0 Å². The Labute approximate surface area is 202 Å². The number of carbonyl (C=O) groups excluding carboxylic acids is 2. The third kappa shape index (κ3) is 22.1. The highest BCUT2D eigenvalue weighted by atomic mass is 16.5. The highest BCUT2D eigenvalue weighted by Gasteiger charge is 2.19. The van der Waals surface area contributed by atoms with Crippen molar-refractivity contribution >= 4 is 17.7 Å². The van der Waals surface area contributed by atoms with Crippen LogP contribution in [0.5, 0.6) is 0 Å². The summed E-state index contributed by atoms with van der Waals surface area (Å²) in [4.78, 5) is 35.3. The molecule has 1 amide bonds. The van der Waals surface area contributed by atoms with Crippen LogP contribution in [0.3, 0.4) is 0 Å². The summed E-state index contributed by atoms with van der Waals surface area (Å²) in [6.07, 6.45) is 19.2. The van der Waals surface area contributed by atoms with Crippen molar-refractivity contribution in [3.8, 4) is 0 Å². The molecule has 0 radical (unpaired) electrons. The SMILES string of the molecule is CCCCCCCCCCOC[C@@H](CCC(=O)O)NC(=O)C(=O)CCCCCCCCCC. The van der Waals surface area contributed by atoms with E-state index in [4.69, 9.17) is 9.84 Å². The van der Waals surface area contributed by atoms with Crippen molar-refractivity contribution in [3.05, 3.63) is 0 Å². The van der Waals surface area contributed by atoms with Gasteiger partial charge in [0.2, 0.25) is 5.78 Å². The Morgan fingerprint density at radius 2 is 1.18 bits per heavy atom. The van der Waals surface area contributed by atoms with E-state index in [0.717, 1.165) is 32.1 Å². The van der Waals surface area contributed by atoms with Gasteiger partial charge in [-0.15, -0.1) is 0 Å². The molecule has 0 fully saturated rings. The number of nitrogens with one attached hydrogen (secondary N) is 1. The highest BCUT2D eigenvalue weighted by Crippen LogP contribution is 2.11. The maximum absolute atomic E-state index is 12.3. The minimum absolute atomic E-state index is 0.0573. The first-order valence-electron chi connectivity index (χ1n) is 13.6. The van der Waals surface area contributed by atoms with Crippen molar-refractivity contribution in [3.63, 3.8) is 0 Å². The first-order chi connectivity index (χ1) is 16.0. The van der Waals surface area contributed by atoms with Crippen LogP contribution in [0.2, 0.25) is 0 Å². The van der Waals surface area contributed by atoms with Gasteiger partial charge in [0.05, 0.1) is 12.6 Å². The number of ketones is 1. The van der Waals surface area contributed by atoms with Gasteiger partial charge < -0.3 is 15.2 Å². The summed E-state index contributed by atoms with van der Waals surface area (Å²) in [5.74, 6) is -1.93. The fraction of sp³-hybridized carbons (Fsp3) is 0.889. The molecule has 0 heterocycles. The first kappa shape index (κ1) is 31.6. The Hall–Kier alpha value is -1.43. The fourth-order valence-corrected chi connectivity index (χ4v) is 3.86. The number of carboxylic acid groups (broad SMARTS) is 1. The van der Waals surface area contributed by atoms with Crippen LogP contribution in [0.15, 0.2) is 0 Å². The van der Waals surface area contributed by atoms with Crippen molar-refractivity contribution in [1.82, 2.24) is 5.32 Å². The van der Waals surface area contributed by atoms with E-state index < -0.39 is 23.7 Å². The van der Waals surface area contributed by atoms with Gasteiger partial charge in [-0.3, -0.25) is 14.4 Å².